The Labute approximate surface area is 95.8 Å². The van der Waals surface area contributed by atoms with Crippen molar-refractivity contribution < 1.29 is 5.11 Å². The number of hydrogen-bond donors (Lipinski definition) is 0. The maximum absolute atomic E-state index is 10.3. The highest BCUT2D eigenvalue weighted by Crippen LogP contribution is 2.03. The predicted octanol–water partition coefficient (Wildman–Crippen LogP) is 2.13. The third-order valence-corrected chi connectivity index (χ3v) is 2.45. The van der Waals surface area contributed by atoms with Gasteiger partial charge in [0.25, 0.3) is 0 Å². The van der Waals surface area contributed by atoms with Gasteiger partial charge in [0.1, 0.15) is 0 Å². The summed E-state index contributed by atoms with van der Waals surface area (Å²) in [5.74, 6) is 0.0718. The van der Waals surface area contributed by atoms with Crippen LogP contribution in [0.3, 0.4) is 0 Å². The van der Waals surface area contributed by atoms with Crippen LogP contribution in [0.15, 0.2) is 59.5 Å². The molecule has 0 radical (unpaired) electrons. The molecule has 0 saturated carbocycles. The van der Waals surface area contributed by atoms with Crippen molar-refractivity contribution in [2.45, 2.75) is 11.8 Å². The van der Waals surface area contributed by atoms with Crippen LogP contribution < -0.4 is 5.11 Å². The van der Waals surface area contributed by atoms with E-state index in [1.807, 2.05) is 24.3 Å². The minimum atomic E-state index is 0.0718. The minimum Gasteiger partial charge on any atom is -0.872 e. The van der Waals surface area contributed by atoms with Gasteiger partial charge in [-0.2, -0.15) is 0 Å². The molecule has 2 aromatic carbocycles. The second-order valence-electron chi connectivity index (χ2n) is 3.13. The van der Waals surface area contributed by atoms with Gasteiger partial charge in [0, 0.05) is 5.56 Å². The third kappa shape index (κ3) is 4.56. The van der Waals surface area contributed by atoms with Gasteiger partial charge in [-0.25, -0.2) is 0 Å². The number of para-hydroxylation sites is 1. The second kappa shape index (κ2) is 6.14. The lowest BCUT2D eigenvalue weighted by Crippen LogP contribution is -1.85. The van der Waals surface area contributed by atoms with E-state index in [0.29, 0.717) is 0 Å². The molecule has 2 aromatic rings. The van der Waals surface area contributed by atoms with Crippen molar-refractivity contribution in [1.29, 1.82) is 0 Å². The molecule has 0 heterocycles. The average Bonchev–Trinajstić information content (AvgIpc) is 2.25. The molecule has 0 spiro atoms. The maximum Gasteiger partial charge on any atom is 0.153 e. The summed E-state index contributed by atoms with van der Waals surface area (Å²) >= 11 is 3.44. The van der Waals surface area contributed by atoms with E-state index in [2.05, 4.69) is 25.6 Å². The normalized spacial score (nSPS) is 8.93. The Bertz CT molecular complexity index is 377. The molecule has 0 aromatic heterocycles. The molecule has 0 saturated heterocycles. The van der Waals surface area contributed by atoms with E-state index in [1.54, 1.807) is 12.1 Å². The van der Waals surface area contributed by atoms with Crippen LogP contribution in [-0.4, -0.2) is 0 Å². The highest BCUT2D eigenvalue weighted by molar-refractivity contribution is 7.58. The molecule has 2 heteroatoms. The molecule has 15 heavy (non-hydrogen) atoms. The van der Waals surface area contributed by atoms with Crippen molar-refractivity contribution >= 4 is 12.6 Å². The van der Waals surface area contributed by atoms with Crippen LogP contribution in [0.25, 0.3) is 0 Å². The largest absolute Gasteiger partial charge is 0.872 e. The van der Waals surface area contributed by atoms with Crippen molar-refractivity contribution in [1.82, 2.24) is 0 Å². The van der Waals surface area contributed by atoms with E-state index in [9.17, 15) is 5.11 Å². The predicted molar refractivity (Wildman–Crippen MR) is 65.5 cm³/mol. The number of benzene rings is 2. The molecule has 0 aliphatic rings. The van der Waals surface area contributed by atoms with E-state index >= 15 is 0 Å². The molecule has 0 amide bonds. The molecular formula is C13H14OS. The first kappa shape index (κ1) is 11.7. The van der Waals surface area contributed by atoms with Crippen LogP contribution in [-0.2, 0) is 12.6 Å². The lowest BCUT2D eigenvalue weighted by molar-refractivity contribution is -0.268. The molecule has 0 atom stereocenters. The van der Waals surface area contributed by atoms with Gasteiger partial charge in [0.15, 0.2) is 4.90 Å². The van der Waals surface area contributed by atoms with Crippen LogP contribution in [0.4, 0.5) is 0 Å². The Hall–Kier alpha value is -1.41. The van der Waals surface area contributed by atoms with Gasteiger partial charge >= 0.3 is 0 Å². The van der Waals surface area contributed by atoms with Crippen molar-refractivity contribution in [2.24, 2.45) is 0 Å². The number of aryl methyl sites for hydroxylation is 1. The first-order valence-corrected chi connectivity index (χ1v) is 5.19. The first-order valence-electron chi connectivity index (χ1n) is 4.69. The lowest BCUT2D eigenvalue weighted by Gasteiger charge is -1.98. The van der Waals surface area contributed by atoms with Crippen LogP contribution in [0.1, 0.15) is 5.56 Å². The van der Waals surface area contributed by atoms with E-state index in [-0.39, 0.29) is 5.75 Å². The van der Waals surface area contributed by atoms with Crippen LogP contribution in [0.5, 0.6) is 5.75 Å². The van der Waals surface area contributed by atoms with E-state index in [0.717, 1.165) is 0 Å². The summed E-state index contributed by atoms with van der Waals surface area (Å²) in [7, 11) is 0. The molecule has 78 valence electrons. The summed E-state index contributed by atoms with van der Waals surface area (Å²) < 4.78 is 0. The van der Waals surface area contributed by atoms with E-state index < -0.39 is 0 Å². The minimum absolute atomic E-state index is 0.0718. The molecule has 0 aliphatic heterocycles. The Balaban J connectivity index is 0.000000151. The zero-order valence-corrected chi connectivity index (χ0v) is 9.60. The monoisotopic (exact) mass is 218 g/mol. The number of rotatable bonds is 0. The van der Waals surface area contributed by atoms with Crippen LogP contribution in [0.2, 0.25) is 0 Å². The van der Waals surface area contributed by atoms with Gasteiger partial charge in [0.05, 0.1) is 0 Å². The second-order valence-corrected chi connectivity index (χ2v) is 3.67. The van der Waals surface area contributed by atoms with Crippen molar-refractivity contribution in [3.63, 3.8) is 0 Å². The highest BCUT2D eigenvalue weighted by atomic mass is 32.1. The lowest BCUT2D eigenvalue weighted by atomic mass is 10.2. The van der Waals surface area contributed by atoms with Gasteiger partial charge in [-0.3, -0.25) is 0 Å². The van der Waals surface area contributed by atoms with Gasteiger partial charge < -0.3 is 5.11 Å². The SMILES string of the molecule is Cc1ccccc1[SH2+].[O-]c1ccccc1. The zero-order valence-electron chi connectivity index (χ0n) is 8.60. The van der Waals surface area contributed by atoms with Gasteiger partial charge in [-0.1, -0.05) is 48.5 Å². The van der Waals surface area contributed by atoms with Crippen molar-refractivity contribution in [3.8, 4) is 5.75 Å². The maximum atomic E-state index is 10.3. The summed E-state index contributed by atoms with van der Waals surface area (Å²) in [6, 6.07) is 16.5. The molecule has 0 fully saturated rings. The van der Waals surface area contributed by atoms with Gasteiger partial charge in [-0.05, 0) is 25.6 Å². The zero-order chi connectivity index (χ0) is 11.1. The van der Waals surface area contributed by atoms with Gasteiger partial charge in [-0.15, -0.1) is 5.75 Å². The van der Waals surface area contributed by atoms with E-state index in [4.69, 9.17) is 0 Å². The summed E-state index contributed by atoms with van der Waals surface area (Å²) in [5.41, 5.74) is 1.28. The topological polar surface area (TPSA) is 23.1 Å². The number of hydrogen-bond acceptors (Lipinski definition) is 1. The Morgan fingerprint density at radius 2 is 1.40 bits per heavy atom. The molecule has 2 rings (SSSR count). The Morgan fingerprint density at radius 3 is 1.73 bits per heavy atom. The fraction of sp³-hybridized carbons (Fsp3) is 0.0769. The summed E-state index contributed by atoms with van der Waals surface area (Å²) in [6.45, 7) is 2.07. The molecule has 0 bridgehead atoms. The third-order valence-electron chi connectivity index (χ3n) is 1.89. The van der Waals surface area contributed by atoms with Gasteiger partial charge in [0.2, 0.25) is 0 Å². The summed E-state index contributed by atoms with van der Waals surface area (Å²) in [5, 5.41) is 10.3. The molecular weight excluding hydrogens is 204 g/mol. The van der Waals surface area contributed by atoms with Crippen LogP contribution >= 0.6 is 0 Å². The first-order chi connectivity index (χ1) is 7.20. The molecule has 0 aliphatic carbocycles. The summed E-state index contributed by atoms with van der Waals surface area (Å²) in [4.78, 5) is 1.17. The molecule has 0 unspecified atom stereocenters. The quantitative estimate of drug-likeness (QED) is 0.621. The standard InChI is InChI=1S/C7H8S.C6H6O/c1-6-4-2-3-5-7(6)8;7-6-4-2-1-3-5-6/h2-5,8H,1H3;1-5,7H. The fourth-order valence-corrected chi connectivity index (χ4v) is 1.17. The van der Waals surface area contributed by atoms with Crippen molar-refractivity contribution in [2.75, 3.05) is 0 Å². The van der Waals surface area contributed by atoms with E-state index in [1.165, 1.54) is 22.6 Å². The van der Waals surface area contributed by atoms with Crippen LogP contribution in [0, 0.1) is 6.92 Å². The molecule has 0 N–H and O–H groups in total. The Kier molecular flexibility index (Phi) is 4.78. The average molecular weight is 218 g/mol. The van der Waals surface area contributed by atoms with Crippen molar-refractivity contribution in [3.05, 3.63) is 60.2 Å². The fourth-order valence-electron chi connectivity index (χ4n) is 0.993. The smallest absolute Gasteiger partial charge is 0.153 e. The molecule has 1 nitrogen and oxygen atoms in total. The highest BCUT2D eigenvalue weighted by Gasteiger charge is 1.91. The Morgan fingerprint density at radius 1 is 0.867 bits per heavy atom. The summed E-state index contributed by atoms with van der Waals surface area (Å²) in [6.07, 6.45) is 0.